The number of para-hydroxylation sites is 1. The van der Waals surface area contributed by atoms with Gasteiger partial charge in [0.25, 0.3) is 5.91 Å². The minimum Gasteiger partial charge on any atom is -0.454 e. The molecule has 3 aromatic rings. The minimum atomic E-state index is -0.436. The number of benzene rings is 2. The van der Waals surface area contributed by atoms with Crippen molar-refractivity contribution in [2.45, 2.75) is 0 Å². The number of amides is 1. The van der Waals surface area contributed by atoms with Crippen LogP contribution in [0.25, 0.3) is 0 Å². The number of anilines is 3. The van der Waals surface area contributed by atoms with Crippen LogP contribution in [-0.4, -0.2) is 22.7 Å². The first-order chi connectivity index (χ1) is 13.2. The molecule has 0 spiro atoms. The number of carbonyl (C=O) groups is 1. The summed E-state index contributed by atoms with van der Waals surface area (Å²) in [4.78, 5) is 20.6. The van der Waals surface area contributed by atoms with E-state index in [-0.39, 0.29) is 12.5 Å². The van der Waals surface area contributed by atoms with Crippen molar-refractivity contribution in [2.24, 2.45) is 0 Å². The van der Waals surface area contributed by atoms with Crippen LogP contribution in [0.2, 0.25) is 0 Å². The third kappa shape index (κ3) is 3.48. The highest BCUT2D eigenvalue weighted by atomic mass is 16.7. The average molecular weight is 359 g/mol. The molecule has 1 aliphatic rings. The summed E-state index contributed by atoms with van der Waals surface area (Å²) in [5, 5.41) is 14.9. The summed E-state index contributed by atoms with van der Waals surface area (Å²) in [6, 6.07) is 15.7. The molecule has 2 aromatic carbocycles. The van der Waals surface area contributed by atoms with Crippen LogP contribution in [0.4, 0.5) is 17.2 Å². The molecule has 1 aliphatic heterocycles. The molecule has 1 aromatic heterocycles. The molecule has 0 atom stereocenters. The molecular weight excluding hydrogens is 346 g/mol. The lowest BCUT2D eigenvalue weighted by Gasteiger charge is -2.09. The van der Waals surface area contributed by atoms with Gasteiger partial charge in [0.1, 0.15) is 23.9 Å². The summed E-state index contributed by atoms with van der Waals surface area (Å²) < 4.78 is 10.6. The zero-order valence-corrected chi connectivity index (χ0v) is 14.0. The Hall–Kier alpha value is -4.12. The van der Waals surface area contributed by atoms with E-state index in [9.17, 15) is 4.79 Å². The first-order valence-corrected chi connectivity index (χ1v) is 8.02. The Labute approximate surface area is 154 Å². The Balaban J connectivity index is 1.52. The van der Waals surface area contributed by atoms with Crippen LogP contribution in [0.5, 0.6) is 11.5 Å². The van der Waals surface area contributed by atoms with E-state index in [1.165, 1.54) is 12.4 Å². The van der Waals surface area contributed by atoms with Crippen molar-refractivity contribution in [2.75, 3.05) is 17.4 Å². The van der Waals surface area contributed by atoms with Gasteiger partial charge in [-0.05, 0) is 24.3 Å². The maximum atomic E-state index is 12.5. The summed E-state index contributed by atoms with van der Waals surface area (Å²) in [6.07, 6.45) is 1.29. The van der Waals surface area contributed by atoms with Gasteiger partial charge in [-0.1, -0.05) is 12.1 Å². The quantitative estimate of drug-likeness (QED) is 0.737. The van der Waals surface area contributed by atoms with Gasteiger partial charge in [-0.3, -0.25) is 4.79 Å². The highest BCUT2D eigenvalue weighted by Crippen LogP contribution is 2.34. The third-order valence-corrected chi connectivity index (χ3v) is 3.84. The summed E-state index contributed by atoms with van der Waals surface area (Å²) in [6.45, 7) is 0.195. The molecule has 0 unspecified atom stereocenters. The highest BCUT2D eigenvalue weighted by molar-refractivity contribution is 6.03. The number of carbonyl (C=O) groups excluding carboxylic acids is 1. The average Bonchev–Trinajstić information content (AvgIpc) is 3.16. The van der Waals surface area contributed by atoms with Crippen LogP contribution in [0.3, 0.4) is 0 Å². The standard InChI is InChI=1S/C19H13N5O3/c20-9-12-3-1-2-4-14(12)24-19(25)15-8-18(22-10-21-15)23-13-5-6-16-17(7-13)27-11-26-16/h1-8,10H,11H2,(H,24,25)(H,21,22,23). The summed E-state index contributed by atoms with van der Waals surface area (Å²) in [7, 11) is 0. The zero-order valence-electron chi connectivity index (χ0n) is 14.0. The second kappa shape index (κ2) is 7.01. The maximum Gasteiger partial charge on any atom is 0.274 e. The number of hydrogen-bond acceptors (Lipinski definition) is 7. The van der Waals surface area contributed by atoms with E-state index in [2.05, 4.69) is 20.6 Å². The smallest absolute Gasteiger partial charge is 0.274 e. The predicted octanol–water partition coefficient (Wildman–Crippen LogP) is 3.07. The molecule has 8 heteroatoms. The van der Waals surface area contributed by atoms with Crippen LogP contribution in [-0.2, 0) is 0 Å². The van der Waals surface area contributed by atoms with Crippen LogP contribution < -0.4 is 20.1 Å². The summed E-state index contributed by atoms with van der Waals surface area (Å²) in [5.74, 6) is 1.33. The molecule has 4 rings (SSSR count). The highest BCUT2D eigenvalue weighted by Gasteiger charge is 2.14. The molecule has 132 valence electrons. The third-order valence-electron chi connectivity index (χ3n) is 3.84. The Kier molecular flexibility index (Phi) is 4.25. The van der Waals surface area contributed by atoms with Gasteiger partial charge in [0.2, 0.25) is 6.79 Å². The molecule has 2 heterocycles. The number of nitrogens with one attached hydrogen (secondary N) is 2. The van der Waals surface area contributed by atoms with Crippen LogP contribution in [0.15, 0.2) is 54.9 Å². The molecule has 1 amide bonds. The van der Waals surface area contributed by atoms with Crippen LogP contribution >= 0.6 is 0 Å². The number of fused-ring (bicyclic) bond motifs is 1. The Morgan fingerprint density at radius 2 is 1.93 bits per heavy atom. The summed E-state index contributed by atoms with van der Waals surface area (Å²) >= 11 is 0. The van der Waals surface area contributed by atoms with Crippen molar-refractivity contribution in [1.82, 2.24) is 9.97 Å². The molecule has 27 heavy (non-hydrogen) atoms. The lowest BCUT2D eigenvalue weighted by atomic mass is 10.2. The molecule has 0 radical (unpaired) electrons. The van der Waals surface area contributed by atoms with Crippen LogP contribution in [0, 0.1) is 11.3 Å². The van der Waals surface area contributed by atoms with E-state index in [0.717, 1.165) is 5.69 Å². The van der Waals surface area contributed by atoms with Gasteiger partial charge < -0.3 is 20.1 Å². The number of aromatic nitrogens is 2. The van der Waals surface area contributed by atoms with Gasteiger partial charge in [-0.25, -0.2) is 9.97 Å². The summed E-state index contributed by atoms with van der Waals surface area (Å²) in [5.41, 5.74) is 1.70. The molecule has 0 aliphatic carbocycles. The number of nitriles is 1. The maximum absolute atomic E-state index is 12.5. The Bertz CT molecular complexity index is 1060. The van der Waals surface area contributed by atoms with E-state index >= 15 is 0 Å². The predicted molar refractivity (Wildman–Crippen MR) is 97.0 cm³/mol. The van der Waals surface area contributed by atoms with Crippen LogP contribution in [0.1, 0.15) is 16.1 Å². The SMILES string of the molecule is N#Cc1ccccc1NC(=O)c1cc(Nc2ccc3c(c2)OCO3)ncn1. The van der Waals surface area contributed by atoms with Crippen molar-refractivity contribution in [3.8, 4) is 17.6 Å². The van der Waals surface area contributed by atoms with Crippen molar-refractivity contribution in [3.05, 3.63) is 66.1 Å². The Morgan fingerprint density at radius 1 is 1.07 bits per heavy atom. The first-order valence-electron chi connectivity index (χ1n) is 8.02. The van der Waals surface area contributed by atoms with Gasteiger partial charge in [0.15, 0.2) is 11.5 Å². The van der Waals surface area contributed by atoms with Crippen molar-refractivity contribution in [3.63, 3.8) is 0 Å². The van der Waals surface area contributed by atoms with Crippen molar-refractivity contribution in [1.29, 1.82) is 5.26 Å². The number of ether oxygens (including phenoxy) is 2. The van der Waals surface area contributed by atoms with E-state index in [0.29, 0.717) is 28.6 Å². The van der Waals surface area contributed by atoms with Gasteiger partial charge >= 0.3 is 0 Å². The number of nitrogens with zero attached hydrogens (tertiary/aromatic N) is 3. The lowest BCUT2D eigenvalue weighted by molar-refractivity contribution is 0.102. The second-order valence-corrected chi connectivity index (χ2v) is 5.59. The Morgan fingerprint density at radius 3 is 2.81 bits per heavy atom. The molecule has 0 bridgehead atoms. The zero-order chi connectivity index (χ0) is 18.6. The monoisotopic (exact) mass is 359 g/mol. The number of hydrogen-bond donors (Lipinski definition) is 2. The minimum absolute atomic E-state index is 0.168. The van der Waals surface area contributed by atoms with Gasteiger partial charge in [-0.15, -0.1) is 0 Å². The second-order valence-electron chi connectivity index (χ2n) is 5.59. The fourth-order valence-electron chi connectivity index (χ4n) is 2.55. The first kappa shape index (κ1) is 16.4. The molecular formula is C19H13N5O3. The van der Waals surface area contributed by atoms with E-state index < -0.39 is 5.91 Å². The largest absolute Gasteiger partial charge is 0.454 e. The molecule has 0 fully saturated rings. The topological polar surface area (TPSA) is 109 Å². The molecule has 8 nitrogen and oxygen atoms in total. The number of rotatable bonds is 4. The molecule has 0 saturated carbocycles. The fraction of sp³-hybridized carbons (Fsp3) is 0.0526. The fourth-order valence-corrected chi connectivity index (χ4v) is 2.55. The van der Waals surface area contributed by atoms with Gasteiger partial charge in [0.05, 0.1) is 11.3 Å². The van der Waals surface area contributed by atoms with E-state index in [1.807, 2.05) is 12.1 Å². The van der Waals surface area contributed by atoms with Gasteiger partial charge in [0, 0.05) is 17.8 Å². The van der Waals surface area contributed by atoms with Crippen molar-refractivity contribution < 1.29 is 14.3 Å². The van der Waals surface area contributed by atoms with E-state index in [1.54, 1.807) is 36.4 Å². The molecule has 0 saturated heterocycles. The van der Waals surface area contributed by atoms with Gasteiger partial charge in [-0.2, -0.15) is 5.26 Å². The molecule has 2 N–H and O–H groups in total. The van der Waals surface area contributed by atoms with Crippen molar-refractivity contribution >= 4 is 23.1 Å². The van der Waals surface area contributed by atoms with E-state index in [4.69, 9.17) is 14.7 Å². The lowest BCUT2D eigenvalue weighted by Crippen LogP contribution is -2.15. The normalized spacial score (nSPS) is 11.5.